The van der Waals surface area contributed by atoms with Crippen LogP contribution in [0.2, 0.25) is 0 Å². The lowest BCUT2D eigenvalue weighted by Crippen LogP contribution is -2.27. The number of carbonyl (C=O) groups is 1. The van der Waals surface area contributed by atoms with Crippen LogP contribution in [-0.4, -0.2) is 37.5 Å². The third kappa shape index (κ3) is 4.29. The lowest BCUT2D eigenvalue weighted by atomic mass is 10.1. The normalized spacial score (nSPS) is 15.1. The molecule has 0 unspecified atom stereocenters. The fourth-order valence-corrected chi connectivity index (χ4v) is 2.83. The molecule has 0 bridgehead atoms. The van der Waals surface area contributed by atoms with Crippen molar-refractivity contribution in [2.75, 3.05) is 30.5 Å². The van der Waals surface area contributed by atoms with Gasteiger partial charge in [-0.15, -0.1) is 11.6 Å². The Hall–Kier alpha value is -2.66. The maximum absolute atomic E-state index is 12.7. The molecule has 0 radical (unpaired) electrons. The zero-order chi connectivity index (χ0) is 18.4. The zero-order valence-corrected chi connectivity index (χ0v) is 14.8. The highest BCUT2D eigenvalue weighted by atomic mass is 35.5. The predicted molar refractivity (Wildman–Crippen MR) is 102 cm³/mol. The van der Waals surface area contributed by atoms with Gasteiger partial charge in [0.05, 0.1) is 0 Å². The summed E-state index contributed by atoms with van der Waals surface area (Å²) in [5, 5.41) is 0. The number of rotatable bonds is 7. The van der Waals surface area contributed by atoms with Crippen molar-refractivity contribution in [2.24, 2.45) is 4.99 Å². The number of hydrogen-bond acceptors (Lipinski definition) is 4. The standard InChI is InChI=1S/C20H18ClFN2O2/c21-10-12-24(13-11-22)17-8-6-15(7-9-17)14-18-20(25)26-19(23-18)16-4-2-1-3-5-16/h1-9,14H,10-13H2. The Morgan fingerprint density at radius 2 is 1.81 bits per heavy atom. The Morgan fingerprint density at radius 3 is 2.46 bits per heavy atom. The molecule has 2 aromatic rings. The first kappa shape index (κ1) is 18.1. The summed E-state index contributed by atoms with van der Waals surface area (Å²) >= 11 is 5.77. The van der Waals surface area contributed by atoms with Crippen molar-refractivity contribution in [3.05, 3.63) is 71.4 Å². The largest absolute Gasteiger partial charge is 0.402 e. The van der Waals surface area contributed by atoms with Gasteiger partial charge in [0, 0.05) is 30.2 Å². The lowest BCUT2D eigenvalue weighted by molar-refractivity contribution is -0.129. The van der Waals surface area contributed by atoms with Crippen LogP contribution in [0, 0.1) is 0 Å². The highest BCUT2D eigenvalue weighted by Crippen LogP contribution is 2.21. The van der Waals surface area contributed by atoms with E-state index in [1.54, 1.807) is 6.08 Å². The van der Waals surface area contributed by atoms with Gasteiger partial charge in [-0.2, -0.15) is 0 Å². The number of carbonyl (C=O) groups excluding carboxylic acids is 1. The van der Waals surface area contributed by atoms with Crippen LogP contribution in [0.4, 0.5) is 10.1 Å². The van der Waals surface area contributed by atoms with Crippen LogP contribution in [0.25, 0.3) is 6.08 Å². The van der Waals surface area contributed by atoms with Crippen LogP contribution in [0.5, 0.6) is 0 Å². The predicted octanol–water partition coefficient (Wildman–Crippen LogP) is 4.05. The van der Waals surface area contributed by atoms with Crippen molar-refractivity contribution < 1.29 is 13.9 Å². The van der Waals surface area contributed by atoms with E-state index in [4.69, 9.17) is 16.3 Å². The number of cyclic esters (lactones) is 1. The molecule has 4 nitrogen and oxygen atoms in total. The Labute approximate surface area is 156 Å². The molecule has 0 atom stereocenters. The van der Waals surface area contributed by atoms with E-state index in [0.29, 0.717) is 24.9 Å². The van der Waals surface area contributed by atoms with Gasteiger partial charge in [0.2, 0.25) is 5.90 Å². The minimum Gasteiger partial charge on any atom is -0.402 e. The third-order valence-electron chi connectivity index (χ3n) is 3.91. The molecule has 0 saturated heterocycles. The van der Waals surface area contributed by atoms with Gasteiger partial charge in [-0.3, -0.25) is 0 Å². The zero-order valence-electron chi connectivity index (χ0n) is 14.1. The molecule has 0 spiro atoms. The number of esters is 1. The van der Waals surface area contributed by atoms with Crippen LogP contribution < -0.4 is 4.90 Å². The Bertz CT molecular complexity index is 813. The quantitative estimate of drug-likeness (QED) is 0.418. The van der Waals surface area contributed by atoms with Crippen LogP contribution in [0.15, 0.2) is 65.3 Å². The monoisotopic (exact) mass is 372 g/mol. The van der Waals surface area contributed by atoms with E-state index in [2.05, 4.69) is 4.99 Å². The fourth-order valence-electron chi connectivity index (χ4n) is 2.63. The summed E-state index contributed by atoms with van der Waals surface area (Å²) in [6, 6.07) is 16.7. The van der Waals surface area contributed by atoms with Crippen LogP contribution in [-0.2, 0) is 9.53 Å². The maximum Gasteiger partial charge on any atom is 0.363 e. The van der Waals surface area contributed by atoms with E-state index in [1.165, 1.54) is 0 Å². The Kier molecular flexibility index (Phi) is 6.02. The molecule has 0 saturated carbocycles. The molecule has 0 amide bonds. The summed E-state index contributed by atoms with van der Waals surface area (Å²) in [6.45, 7) is 0.429. The van der Waals surface area contributed by atoms with E-state index in [9.17, 15) is 9.18 Å². The molecule has 3 rings (SSSR count). The molecule has 6 heteroatoms. The van der Waals surface area contributed by atoms with Crippen molar-refractivity contribution in [1.29, 1.82) is 0 Å². The number of halogens is 2. The molecule has 1 aliphatic rings. The van der Waals surface area contributed by atoms with Gasteiger partial charge in [-0.05, 0) is 35.9 Å². The van der Waals surface area contributed by atoms with Gasteiger partial charge < -0.3 is 9.64 Å². The third-order valence-corrected chi connectivity index (χ3v) is 4.08. The molecule has 1 heterocycles. The first-order chi connectivity index (χ1) is 12.7. The van der Waals surface area contributed by atoms with Gasteiger partial charge >= 0.3 is 5.97 Å². The first-order valence-electron chi connectivity index (χ1n) is 8.26. The average molecular weight is 373 g/mol. The number of aliphatic imine (C=N–C) groups is 1. The van der Waals surface area contributed by atoms with Crippen LogP contribution in [0.3, 0.4) is 0 Å². The van der Waals surface area contributed by atoms with Crippen LogP contribution >= 0.6 is 11.6 Å². The molecule has 26 heavy (non-hydrogen) atoms. The van der Waals surface area contributed by atoms with Gasteiger partial charge in [0.25, 0.3) is 0 Å². The summed E-state index contributed by atoms with van der Waals surface area (Å²) in [5.41, 5.74) is 2.69. The maximum atomic E-state index is 12.7. The fraction of sp³-hybridized carbons (Fsp3) is 0.200. The average Bonchev–Trinajstić information content (AvgIpc) is 3.03. The van der Waals surface area contributed by atoms with E-state index >= 15 is 0 Å². The molecule has 0 N–H and O–H groups in total. The number of hydrogen-bond donors (Lipinski definition) is 0. The second-order valence-electron chi connectivity index (χ2n) is 5.66. The molecule has 134 valence electrons. The van der Waals surface area contributed by atoms with Crippen molar-refractivity contribution in [1.82, 2.24) is 0 Å². The van der Waals surface area contributed by atoms with Crippen molar-refractivity contribution >= 4 is 35.2 Å². The van der Waals surface area contributed by atoms with Crippen LogP contribution in [0.1, 0.15) is 11.1 Å². The molecule has 0 aromatic heterocycles. The molecule has 0 aliphatic carbocycles. The Balaban J connectivity index is 1.79. The smallest absolute Gasteiger partial charge is 0.363 e. The minimum absolute atomic E-state index is 0.248. The SMILES string of the molecule is O=C1OC(c2ccccc2)=NC1=Cc1ccc(N(CCF)CCCl)cc1. The minimum atomic E-state index is -0.478. The van der Waals surface area contributed by atoms with Gasteiger partial charge in [0.15, 0.2) is 5.70 Å². The number of ether oxygens (including phenoxy) is 1. The summed E-state index contributed by atoms with van der Waals surface area (Å²) in [7, 11) is 0. The van der Waals surface area contributed by atoms with Crippen molar-refractivity contribution in [3.8, 4) is 0 Å². The number of nitrogens with zero attached hydrogens (tertiary/aromatic N) is 2. The summed E-state index contributed by atoms with van der Waals surface area (Å²) in [6.07, 6.45) is 1.67. The van der Waals surface area contributed by atoms with Crippen molar-refractivity contribution in [3.63, 3.8) is 0 Å². The van der Waals surface area contributed by atoms with Crippen molar-refractivity contribution in [2.45, 2.75) is 0 Å². The number of anilines is 1. The van der Waals surface area contributed by atoms with E-state index < -0.39 is 12.6 Å². The molecule has 0 fully saturated rings. The summed E-state index contributed by atoms with van der Waals surface area (Å²) in [4.78, 5) is 18.2. The number of benzene rings is 2. The second-order valence-corrected chi connectivity index (χ2v) is 6.04. The summed E-state index contributed by atoms with van der Waals surface area (Å²) in [5.74, 6) is 0.248. The highest BCUT2D eigenvalue weighted by molar-refractivity contribution is 6.18. The Morgan fingerprint density at radius 1 is 1.08 bits per heavy atom. The van der Waals surface area contributed by atoms with E-state index in [-0.39, 0.29) is 5.70 Å². The second kappa shape index (κ2) is 8.63. The first-order valence-corrected chi connectivity index (χ1v) is 8.79. The van der Waals surface area contributed by atoms with E-state index in [1.807, 2.05) is 59.5 Å². The van der Waals surface area contributed by atoms with Gasteiger partial charge in [-0.25, -0.2) is 14.2 Å². The topological polar surface area (TPSA) is 41.9 Å². The molecule has 2 aromatic carbocycles. The molecular formula is C20H18ClFN2O2. The number of alkyl halides is 2. The summed E-state index contributed by atoms with van der Waals surface area (Å²) < 4.78 is 17.9. The van der Waals surface area contributed by atoms with E-state index in [0.717, 1.165) is 16.8 Å². The van der Waals surface area contributed by atoms with Gasteiger partial charge in [-0.1, -0.05) is 30.3 Å². The molecular weight excluding hydrogens is 355 g/mol. The lowest BCUT2D eigenvalue weighted by Gasteiger charge is -2.22. The van der Waals surface area contributed by atoms with Gasteiger partial charge in [0.1, 0.15) is 6.67 Å². The molecule has 1 aliphatic heterocycles. The highest BCUT2D eigenvalue weighted by Gasteiger charge is 2.23.